The van der Waals surface area contributed by atoms with E-state index in [-0.39, 0.29) is 24.2 Å². The first kappa shape index (κ1) is 20.1. The normalized spacial score (nSPS) is 16.5. The Hall–Kier alpha value is -3.22. The molecule has 3 aromatic rings. The van der Waals surface area contributed by atoms with Crippen molar-refractivity contribution in [2.24, 2.45) is 0 Å². The Labute approximate surface area is 173 Å². The van der Waals surface area contributed by atoms with Crippen LogP contribution in [0.1, 0.15) is 36.0 Å². The highest BCUT2D eigenvalue weighted by Gasteiger charge is 2.28. The molecule has 1 aliphatic rings. The van der Waals surface area contributed by atoms with Crippen LogP contribution in [0.15, 0.2) is 59.1 Å². The number of oxazole rings is 1. The smallest absolute Gasteiger partial charge is 0.260 e. The van der Waals surface area contributed by atoms with E-state index in [9.17, 15) is 13.6 Å². The zero-order valence-electron chi connectivity index (χ0n) is 16.4. The van der Waals surface area contributed by atoms with E-state index in [1.54, 1.807) is 23.2 Å². The SMILES string of the molecule is O=C(COc1cccc(F)c1)N1CCC[C@H](c2ncc(Cc3cccc(F)c3)o2)C1. The number of carbonyl (C=O) groups is 1. The summed E-state index contributed by atoms with van der Waals surface area (Å²) in [5.41, 5.74) is 0.813. The first-order valence-corrected chi connectivity index (χ1v) is 9.92. The third-order valence-electron chi connectivity index (χ3n) is 5.12. The zero-order chi connectivity index (χ0) is 20.9. The van der Waals surface area contributed by atoms with E-state index in [1.807, 2.05) is 6.07 Å². The third kappa shape index (κ3) is 5.03. The molecule has 1 saturated heterocycles. The molecule has 0 bridgehead atoms. The second kappa shape index (κ2) is 9.07. The molecule has 4 rings (SSSR count). The molecular formula is C23H22F2N2O3. The van der Waals surface area contributed by atoms with Gasteiger partial charge < -0.3 is 14.1 Å². The molecule has 2 aromatic carbocycles. The molecule has 0 radical (unpaired) electrons. The maximum Gasteiger partial charge on any atom is 0.260 e. The van der Waals surface area contributed by atoms with Gasteiger partial charge in [-0.25, -0.2) is 13.8 Å². The van der Waals surface area contributed by atoms with E-state index < -0.39 is 5.82 Å². The number of halogens is 2. The largest absolute Gasteiger partial charge is 0.484 e. The number of rotatable bonds is 6. The Morgan fingerprint density at radius 1 is 1.17 bits per heavy atom. The van der Waals surface area contributed by atoms with Gasteiger partial charge in [0.25, 0.3) is 5.91 Å². The number of hydrogen-bond donors (Lipinski definition) is 0. The number of nitrogens with zero attached hydrogens (tertiary/aromatic N) is 2. The minimum Gasteiger partial charge on any atom is -0.484 e. The van der Waals surface area contributed by atoms with Crippen LogP contribution in [-0.2, 0) is 11.2 Å². The van der Waals surface area contributed by atoms with Crippen molar-refractivity contribution in [2.75, 3.05) is 19.7 Å². The van der Waals surface area contributed by atoms with E-state index in [0.717, 1.165) is 18.4 Å². The topological polar surface area (TPSA) is 55.6 Å². The summed E-state index contributed by atoms with van der Waals surface area (Å²) in [6.07, 6.45) is 3.82. The summed E-state index contributed by atoms with van der Waals surface area (Å²) < 4.78 is 37.9. The third-order valence-corrected chi connectivity index (χ3v) is 5.12. The molecule has 156 valence electrons. The van der Waals surface area contributed by atoms with Gasteiger partial charge in [-0.05, 0) is 42.7 Å². The van der Waals surface area contributed by atoms with E-state index in [0.29, 0.717) is 36.9 Å². The van der Waals surface area contributed by atoms with Crippen molar-refractivity contribution in [3.63, 3.8) is 0 Å². The monoisotopic (exact) mass is 412 g/mol. The summed E-state index contributed by atoms with van der Waals surface area (Å²) in [7, 11) is 0. The number of ether oxygens (including phenoxy) is 1. The summed E-state index contributed by atoms with van der Waals surface area (Å²) in [6.45, 7) is 0.983. The highest BCUT2D eigenvalue weighted by molar-refractivity contribution is 5.78. The lowest BCUT2D eigenvalue weighted by atomic mass is 9.98. The standard InChI is InChI=1S/C23H22F2N2O3/c24-18-6-1-4-16(10-18)11-21-13-26-23(30-21)17-5-3-9-27(14-17)22(28)15-29-20-8-2-7-19(25)12-20/h1-2,4,6-8,10,12-13,17H,3,5,9,11,14-15H2/t17-/m0/s1. The van der Waals surface area contributed by atoms with E-state index >= 15 is 0 Å². The van der Waals surface area contributed by atoms with Crippen LogP contribution in [0.3, 0.4) is 0 Å². The fourth-order valence-corrected chi connectivity index (χ4v) is 3.64. The van der Waals surface area contributed by atoms with Crippen molar-refractivity contribution in [1.82, 2.24) is 9.88 Å². The number of hydrogen-bond acceptors (Lipinski definition) is 4. The van der Waals surface area contributed by atoms with Gasteiger partial charge in [-0.2, -0.15) is 0 Å². The molecule has 5 nitrogen and oxygen atoms in total. The molecule has 1 aromatic heterocycles. The number of amides is 1. The van der Waals surface area contributed by atoms with Crippen LogP contribution in [-0.4, -0.2) is 35.5 Å². The number of likely N-dealkylation sites (tertiary alicyclic amines) is 1. The number of benzene rings is 2. The summed E-state index contributed by atoms with van der Waals surface area (Å²) in [6, 6.07) is 12.1. The van der Waals surface area contributed by atoms with Gasteiger partial charge in [-0.3, -0.25) is 4.79 Å². The van der Waals surface area contributed by atoms with Crippen LogP contribution >= 0.6 is 0 Å². The molecular weight excluding hydrogens is 390 g/mol. The van der Waals surface area contributed by atoms with E-state index in [4.69, 9.17) is 9.15 Å². The molecule has 0 N–H and O–H groups in total. The molecule has 0 spiro atoms. The van der Waals surface area contributed by atoms with Gasteiger partial charge >= 0.3 is 0 Å². The average molecular weight is 412 g/mol. The number of aromatic nitrogens is 1. The first-order chi connectivity index (χ1) is 14.6. The lowest BCUT2D eigenvalue weighted by Gasteiger charge is -2.31. The van der Waals surface area contributed by atoms with Crippen molar-refractivity contribution in [3.05, 3.63) is 83.6 Å². The van der Waals surface area contributed by atoms with Crippen molar-refractivity contribution in [2.45, 2.75) is 25.2 Å². The van der Waals surface area contributed by atoms with Gasteiger partial charge in [0.2, 0.25) is 0 Å². The summed E-state index contributed by atoms with van der Waals surface area (Å²) >= 11 is 0. The second-order valence-corrected chi connectivity index (χ2v) is 7.40. The summed E-state index contributed by atoms with van der Waals surface area (Å²) in [5.74, 6) is 0.726. The van der Waals surface area contributed by atoms with Crippen LogP contribution in [0, 0.1) is 11.6 Å². The van der Waals surface area contributed by atoms with Gasteiger partial charge in [-0.15, -0.1) is 0 Å². The lowest BCUT2D eigenvalue weighted by molar-refractivity contribution is -0.134. The molecule has 2 heterocycles. The van der Waals surface area contributed by atoms with Crippen LogP contribution < -0.4 is 4.74 Å². The quantitative estimate of drug-likeness (QED) is 0.605. The molecule has 1 atom stereocenters. The van der Waals surface area contributed by atoms with Crippen molar-refractivity contribution in [1.29, 1.82) is 0 Å². The Kier molecular flexibility index (Phi) is 6.07. The van der Waals surface area contributed by atoms with Gasteiger partial charge in [0.15, 0.2) is 12.5 Å². The van der Waals surface area contributed by atoms with Crippen molar-refractivity contribution in [3.8, 4) is 5.75 Å². The van der Waals surface area contributed by atoms with Crippen molar-refractivity contribution < 1.29 is 22.7 Å². The Morgan fingerprint density at radius 3 is 2.77 bits per heavy atom. The van der Waals surface area contributed by atoms with Crippen LogP contribution in [0.25, 0.3) is 0 Å². The van der Waals surface area contributed by atoms with Gasteiger partial charge in [0.05, 0.1) is 12.1 Å². The highest BCUT2D eigenvalue weighted by atomic mass is 19.1. The maximum atomic E-state index is 13.4. The Bertz CT molecular complexity index is 1020. The first-order valence-electron chi connectivity index (χ1n) is 9.92. The molecule has 1 fully saturated rings. The second-order valence-electron chi connectivity index (χ2n) is 7.40. The number of piperidine rings is 1. The molecule has 1 amide bonds. The predicted molar refractivity (Wildman–Crippen MR) is 106 cm³/mol. The van der Waals surface area contributed by atoms with E-state index in [2.05, 4.69) is 4.98 Å². The van der Waals surface area contributed by atoms with Crippen LogP contribution in [0.4, 0.5) is 8.78 Å². The molecule has 0 aliphatic carbocycles. The predicted octanol–water partition coefficient (Wildman–Crippen LogP) is 4.33. The molecule has 30 heavy (non-hydrogen) atoms. The fourth-order valence-electron chi connectivity index (χ4n) is 3.64. The molecule has 0 unspecified atom stereocenters. The van der Waals surface area contributed by atoms with Gasteiger partial charge in [0.1, 0.15) is 23.1 Å². The van der Waals surface area contributed by atoms with Gasteiger partial charge in [-0.1, -0.05) is 18.2 Å². The lowest BCUT2D eigenvalue weighted by Crippen LogP contribution is -2.41. The fraction of sp³-hybridized carbons (Fsp3) is 0.304. The number of carbonyl (C=O) groups excluding carboxylic acids is 1. The van der Waals surface area contributed by atoms with Crippen molar-refractivity contribution >= 4 is 5.91 Å². The highest BCUT2D eigenvalue weighted by Crippen LogP contribution is 2.27. The zero-order valence-corrected chi connectivity index (χ0v) is 16.4. The Morgan fingerprint density at radius 2 is 1.97 bits per heavy atom. The summed E-state index contributed by atoms with van der Waals surface area (Å²) in [5, 5.41) is 0. The summed E-state index contributed by atoms with van der Waals surface area (Å²) in [4.78, 5) is 18.6. The minimum absolute atomic E-state index is 0.00173. The van der Waals surface area contributed by atoms with E-state index in [1.165, 1.54) is 30.3 Å². The Balaban J connectivity index is 1.34. The average Bonchev–Trinajstić information content (AvgIpc) is 3.21. The maximum absolute atomic E-state index is 13.4. The molecule has 1 aliphatic heterocycles. The van der Waals surface area contributed by atoms with Crippen LogP contribution in [0.2, 0.25) is 0 Å². The van der Waals surface area contributed by atoms with Gasteiger partial charge in [0, 0.05) is 25.6 Å². The molecule has 0 saturated carbocycles. The van der Waals surface area contributed by atoms with Crippen LogP contribution in [0.5, 0.6) is 5.75 Å². The minimum atomic E-state index is -0.407. The molecule has 7 heteroatoms.